The van der Waals surface area contributed by atoms with Crippen LogP contribution in [-0.2, 0) is 16.6 Å². The number of sulfonamides is 1. The standard InChI is InChI=1S/C13H24N2O2S2/c1-6-7-13(3,4)15-19(16,17)12-8-11(9-14-5)18-10(12)2/h8,14-15H,6-7,9H2,1-5H3. The maximum absolute atomic E-state index is 12.4. The van der Waals surface area contributed by atoms with E-state index in [0.29, 0.717) is 11.4 Å². The fourth-order valence-corrected chi connectivity index (χ4v) is 5.24. The van der Waals surface area contributed by atoms with E-state index in [4.69, 9.17) is 0 Å². The van der Waals surface area contributed by atoms with Gasteiger partial charge in [0, 0.05) is 21.8 Å². The molecule has 0 radical (unpaired) electrons. The van der Waals surface area contributed by atoms with Crippen molar-refractivity contribution in [2.75, 3.05) is 7.05 Å². The van der Waals surface area contributed by atoms with Crippen LogP contribution in [0.3, 0.4) is 0 Å². The van der Waals surface area contributed by atoms with Crippen molar-refractivity contribution in [3.8, 4) is 0 Å². The van der Waals surface area contributed by atoms with E-state index in [1.807, 2.05) is 27.8 Å². The molecule has 110 valence electrons. The molecule has 0 saturated carbocycles. The summed E-state index contributed by atoms with van der Waals surface area (Å²) in [5, 5.41) is 3.04. The second-order valence-corrected chi connectivity index (χ2v) is 8.39. The van der Waals surface area contributed by atoms with Gasteiger partial charge >= 0.3 is 0 Å². The number of hydrogen-bond acceptors (Lipinski definition) is 4. The van der Waals surface area contributed by atoms with Crippen molar-refractivity contribution in [1.29, 1.82) is 0 Å². The lowest BCUT2D eigenvalue weighted by Crippen LogP contribution is -2.43. The molecule has 0 atom stereocenters. The van der Waals surface area contributed by atoms with E-state index in [0.717, 1.165) is 22.6 Å². The van der Waals surface area contributed by atoms with Gasteiger partial charge in [-0.25, -0.2) is 13.1 Å². The molecule has 1 aromatic rings. The average molecular weight is 304 g/mol. The van der Waals surface area contributed by atoms with Crippen LogP contribution in [0.4, 0.5) is 0 Å². The lowest BCUT2D eigenvalue weighted by molar-refractivity contribution is 0.417. The third-order valence-corrected chi connectivity index (χ3v) is 5.85. The SMILES string of the molecule is CCCC(C)(C)NS(=O)(=O)c1cc(CNC)sc1C. The molecule has 0 aromatic carbocycles. The monoisotopic (exact) mass is 304 g/mol. The second-order valence-electron chi connectivity index (χ2n) is 5.40. The van der Waals surface area contributed by atoms with E-state index >= 15 is 0 Å². The highest BCUT2D eigenvalue weighted by Crippen LogP contribution is 2.27. The Kier molecular flexibility index (Phi) is 5.55. The molecule has 0 bridgehead atoms. The molecular weight excluding hydrogens is 280 g/mol. The molecule has 1 aromatic heterocycles. The molecule has 0 saturated heterocycles. The Morgan fingerprint density at radius 1 is 1.37 bits per heavy atom. The number of thiophene rings is 1. The molecule has 4 nitrogen and oxygen atoms in total. The predicted molar refractivity (Wildman–Crippen MR) is 81.1 cm³/mol. The Hall–Kier alpha value is -0.430. The van der Waals surface area contributed by atoms with Crippen LogP contribution in [0.25, 0.3) is 0 Å². The van der Waals surface area contributed by atoms with Crippen LogP contribution >= 0.6 is 11.3 Å². The topological polar surface area (TPSA) is 58.2 Å². The van der Waals surface area contributed by atoms with Crippen LogP contribution < -0.4 is 10.0 Å². The molecule has 0 spiro atoms. The largest absolute Gasteiger partial charge is 0.315 e. The summed E-state index contributed by atoms with van der Waals surface area (Å²) in [5.74, 6) is 0. The summed E-state index contributed by atoms with van der Waals surface area (Å²) in [4.78, 5) is 2.28. The van der Waals surface area contributed by atoms with Gasteiger partial charge in [-0.05, 0) is 40.3 Å². The van der Waals surface area contributed by atoms with Crippen LogP contribution in [0.2, 0.25) is 0 Å². The van der Waals surface area contributed by atoms with Crippen molar-refractivity contribution in [2.45, 2.75) is 57.5 Å². The Morgan fingerprint density at radius 2 is 2.00 bits per heavy atom. The van der Waals surface area contributed by atoms with Crippen molar-refractivity contribution in [3.63, 3.8) is 0 Å². The molecule has 1 heterocycles. The third kappa shape index (κ3) is 4.56. The zero-order valence-corrected chi connectivity index (χ0v) is 14.0. The highest BCUT2D eigenvalue weighted by Gasteiger charge is 2.27. The number of aryl methyl sites for hydroxylation is 1. The number of rotatable bonds is 7. The van der Waals surface area contributed by atoms with Crippen LogP contribution in [0.15, 0.2) is 11.0 Å². The van der Waals surface area contributed by atoms with Gasteiger partial charge in [-0.2, -0.15) is 0 Å². The van der Waals surface area contributed by atoms with Crippen molar-refractivity contribution < 1.29 is 8.42 Å². The van der Waals surface area contributed by atoms with E-state index in [2.05, 4.69) is 17.0 Å². The number of nitrogens with one attached hydrogen (secondary N) is 2. The Balaban J connectivity index is 3.00. The smallest absolute Gasteiger partial charge is 0.242 e. The maximum atomic E-state index is 12.4. The molecule has 0 aliphatic heterocycles. The third-order valence-electron chi connectivity index (χ3n) is 2.85. The maximum Gasteiger partial charge on any atom is 0.242 e. The summed E-state index contributed by atoms with van der Waals surface area (Å²) in [6.07, 6.45) is 1.77. The second kappa shape index (κ2) is 6.35. The molecule has 0 fully saturated rings. The predicted octanol–water partition coefficient (Wildman–Crippen LogP) is 2.63. The molecule has 0 aliphatic rings. The van der Waals surface area contributed by atoms with Crippen molar-refractivity contribution in [1.82, 2.24) is 10.0 Å². The van der Waals surface area contributed by atoms with Crippen molar-refractivity contribution >= 4 is 21.4 Å². The van der Waals surface area contributed by atoms with E-state index in [1.165, 1.54) is 11.3 Å². The van der Waals surface area contributed by atoms with Crippen LogP contribution in [-0.4, -0.2) is 21.0 Å². The first-order valence-corrected chi connectivity index (χ1v) is 8.79. The fourth-order valence-electron chi connectivity index (χ4n) is 2.15. The zero-order chi connectivity index (χ0) is 14.7. The van der Waals surface area contributed by atoms with E-state index in [9.17, 15) is 8.42 Å². The highest BCUT2D eigenvalue weighted by atomic mass is 32.2. The lowest BCUT2D eigenvalue weighted by atomic mass is 10.0. The van der Waals surface area contributed by atoms with Crippen LogP contribution in [0.1, 0.15) is 43.4 Å². The molecule has 6 heteroatoms. The van der Waals surface area contributed by atoms with Gasteiger partial charge in [0.1, 0.15) is 0 Å². The minimum Gasteiger partial charge on any atom is -0.315 e. The summed E-state index contributed by atoms with van der Waals surface area (Å²) >= 11 is 1.52. The van der Waals surface area contributed by atoms with Crippen molar-refractivity contribution in [2.24, 2.45) is 0 Å². The summed E-state index contributed by atoms with van der Waals surface area (Å²) < 4.78 is 27.7. The summed E-state index contributed by atoms with van der Waals surface area (Å²) in [5.41, 5.74) is -0.412. The molecule has 19 heavy (non-hydrogen) atoms. The van der Waals surface area contributed by atoms with Gasteiger partial charge in [-0.15, -0.1) is 11.3 Å². The lowest BCUT2D eigenvalue weighted by Gasteiger charge is -2.25. The first-order chi connectivity index (χ1) is 8.72. The van der Waals surface area contributed by atoms with E-state index in [-0.39, 0.29) is 0 Å². The molecule has 0 unspecified atom stereocenters. The quantitative estimate of drug-likeness (QED) is 0.814. The Labute approximate surface area is 120 Å². The fraction of sp³-hybridized carbons (Fsp3) is 0.692. The van der Waals surface area contributed by atoms with E-state index in [1.54, 1.807) is 6.07 Å². The first-order valence-electron chi connectivity index (χ1n) is 6.49. The van der Waals surface area contributed by atoms with Gasteiger partial charge in [0.2, 0.25) is 10.0 Å². The molecule has 1 rings (SSSR count). The van der Waals surface area contributed by atoms with Crippen LogP contribution in [0, 0.1) is 6.92 Å². The van der Waals surface area contributed by atoms with Gasteiger partial charge in [0.15, 0.2) is 0 Å². The minimum atomic E-state index is -3.44. The molecular formula is C13H24N2O2S2. The minimum absolute atomic E-state index is 0.409. The highest BCUT2D eigenvalue weighted by molar-refractivity contribution is 7.89. The van der Waals surface area contributed by atoms with Crippen molar-refractivity contribution in [3.05, 3.63) is 15.8 Å². The number of hydrogen-bond donors (Lipinski definition) is 2. The molecule has 0 aliphatic carbocycles. The van der Waals surface area contributed by atoms with Gasteiger partial charge in [0.25, 0.3) is 0 Å². The van der Waals surface area contributed by atoms with Gasteiger partial charge in [-0.1, -0.05) is 13.3 Å². The Bertz CT molecular complexity index is 519. The molecule has 0 amide bonds. The zero-order valence-electron chi connectivity index (χ0n) is 12.3. The van der Waals surface area contributed by atoms with Gasteiger partial charge in [-0.3, -0.25) is 0 Å². The first kappa shape index (κ1) is 16.6. The van der Waals surface area contributed by atoms with Gasteiger partial charge < -0.3 is 5.32 Å². The summed E-state index contributed by atoms with van der Waals surface area (Å²) in [6, 6.07) is 1.76. The van der Waals surface area contributed by atoms with Gasteiger partial charge in [0.05, 0.1) is 4.90 Å². The summed E-state index contributed by atoms with van der Waals surface area (Å²) in [7, 11) is -1.58. The molecule has 2 N–H and O–H groups in total. The van der Waals surface area contributed by atoms with Crippen LogP contribution in [0.5, 0.6) is 0 Å². The van der Waals surface area contributed by atoms with E-state index < -0.39 is 15.6 Å². The Morgan fingerprint density at radius 3 is 2.53 bits per heavy atom. The average Bonchev–Trinajstić information content (AvgIpc) is 2.59. The normalized spacial score (nSPS) is 12.9. The summed E-state index contributed by atoms with van der Waals surface area (Å²) in [6.45, 7) is 8.44.